The van der Waals surface area contributed by atoms with Gasteiger partial charge in [0, 0.05) is 6.20 Å². The molecule has 3 rings (SSSR count). The van der Waals surface area contributed by atoms with E-state index in [0.29, 0.717) is 16.4 Å². The number of rotatable bonds is 5. The number of halogens is 1. The summed E-state index contributed by atoms with van der Waals surface area (Å²) in [5.41, 5.74) is 0.611. The van der Waals surface area contributed by atoms with Crippen molar-refractivity contribution in [2.75, 3.05) is 5.32 Å². The molecule has 3 aromatic heterocycles. The predicted octanol–water partition coefficient (Wildman–Crippen LogP) is 2.45. The zero-order valence-electron chi connectivity index (χ0n) is 13.0. The summed E-state index contributed by atoms with van der Waals surface area (Å²) in [4.78, 5) is 33.1. The van der Waals surface area contributed by atoms with Crippen molar-refractivity contribution < 1.29 is 9.59 Å². The normalized spacial score (nSPS) is 11.8. The van der Waals surface area contributed by atoms with Crippen LogP contribution in [0.15, 0.2) is 40.3 Å². The Morgan fingerprint density at radius 2 is 2.12 bits per heavy atom. The largest absolute Gasteiger partial charge is 0.340 e. The van der Waals surface area contributed by atoms with E-state index >= 15 is 0 Å². The van der Waals surface area contributed by atoms with Gasteiger partial charge in [0.25, 0.3) is 5.91 Å². The number of aromatic nitrogens is 4. The van der Waals surface area contributed by atoms with Crippen molar-refractivity contribution in [3.8, 4) is 11.5 Å². The predicted molar refractivity (Wildman–Crippen MR) is 97.2 cm³/mol. The molecule has 0 saturated heterocycles. The minimum absolute atomic E-state index is 0.116. The van der Waals surface area contributed by atoms with Gasteiger partial charge in [-0.2, -0.15) is 4.98 Å². The van der Waals surface area contributed by atoms with Crippen LogP contribution in [0.1, 0.15) is 16.6 Å². The molecule has 0 aliphatic rings. The Hall–Kier alpha value is -2.59. The molecule has 0 fully saturated rings. The Morgan fingerprint density at radius 1 is 1.28 bits per heavy atom. The molecule has 0 spiro atoms. The Labute approximate surface area is 155 Å². The van der Waals surface area contributed by atoms with Crippen LogP contribution in [0, 0.1) is 0 Å². The Morgan fingerprint density at radius 3 is 2.80 bits per heavy atom. The average molecular weight is 421 g/mol. The highest BCUT2D eigenvalue weighted by atomic mass is 79.9. The molecule has 128 valence electrons. The fourth-order valence-corrected chi connectivity index (χ4v) is 3.21. The van der Waals surface area contributed by atoms with Crippen molar-refractivity contribution in [1.29, 1.82) is 0 Å². The molecule has 0 radical (unpaired) electrons. The third kappa shape index (κ3) is 4.28. The summed E-state index contributed by atoms with van der Waals surface area (Å²) in [6, 6.07) is 8.10. The molecule has 25 heavy (non-hydrogen) atoms. The van der Waals surface area contributed by atoms with Crippen LogP contribution in [0.5, 0.6) is 0 Å². The third-order valence-corrected chi connectivity index (χ3v) is 4.79. The Bertz CT molecular complexity index is 894. The monoisotopic (exact) mass is 420 g/mol. The van der Waals surface area contributed by atoms with Gasteiger partial charge in [-0.1, -0.05) is 6.07 Å². The summed E-state index contributed by atoms with van der Waals surface area (Å²) >= 11 is 4.59. The first-order valence-corrected chi connectivity index (χ1v) is 8.85. The molecule has 0 aromatic carbocycles. The molecule has 3 heterocycles. The third-order valence-electron chi connectivity index (χ3n) is 3.17. The molecule has 1 atom stereocenters. The second-order valence-corrected chi connectivity index (χ2v) is 7.47. The lowest BCUT2D eigenvalue weighted by atomic mass is 10.3. The fraction of sp³-hybridized carbons (Fsp3) is 0.133. The van der Waals surface area contributed by atoms with Gasteiger partial charge in [-0.25, -0.2) is 0 Å². The van der Waals surface area contributed by atoms with Crippen LogP contribution in [-0.2, 0) is 4.79 Å². The first-order valence-electron chi connectivity index (χ1n) is 7.24. The van der Waals surface area contributed by atoms with Gasteiger partial charge in [0.2, 0.25) is 11.9 Å². The number of thiophene rings is 1. The first-order chi connectivity index (χ1) is 12.0. The van der Waals surface area contributed by atoms with E-state index in [9.17, 15) is 9.59 Å². The van der Waals surface area contributed by atoms with Gasteiger partial charge in [0.15, 0.2) is 5.82 Å². The number of carbonyl (C=O) groups is 2. The summed E-state index contributed by atoms with van der Waals surface area (Å²) in [7, 11) is 0. The van der Waals surface area contributed by atoms with E-state index in [1.165, 1.54) is 11.3 Å². The molecule has 8 nitrogen and oxygen atoms in total. The van der Waals surface area contributed by atoms with Crippen LogP contribution in [0.4, 0.5) is 5.95 Å². The van der Waals surface area contributed by atoms with Crippen LogP contribution in [-0.4, -0.2) is 38.0 Å². The highest BCUT2D eigenvalue weighted by Gasteiger charge is 2.19. The van der Waals surface area contributed by atoms with Gasteiger partial charge < -0.3 is 5.32 Å². The second-order valence-electron chi connectivity index (χ2n) is 5.01. The lowest BCUT2D eigenvalue weighted by Gasteiger charge is -2.11. The maximum atomic E-state index is 12.2. The number of H-pyrrole nitrogens is 1. The maximum absolute atomic E-state index is 12.2. The number of pyridine rings is 1. The summed E-state index contributed by atoms with van der Waals surface area (Å²) in [6.07, 6.45) is 1.64. The van der Waals surface area contributed by atoms with Crippen LogP contribution >= 0.6 is 27.3 Å². The number of aromatic amines is 1. The highest BCUT2D eigenvalue weighted by molar-refractivity contribution is 9.11. The van der Waals surface area contributed by atoms with Gasteiger partial charge >= 0.3 is 0 Å². The molecule has 2 amide bonds. The van der Waals surface area contributed by atoms with E-state index in [1.54, 1.807) is 37.4 Å². The molecule has 3 N–H and O–H groups in total. The van der Waals surface area contributed by atoms with Crippen LogP contribution in [0.2, 0.25) is 0 Å². The lowest BCUT2D eigenvalue weighted by molar-refractivity contribution is -0.117. The molecular weight excluding hydrogens is 408 g/mol. The second kappa shape index (κ2) is 7.53. The minimum Gasteiger partial charge on any atom is -0.340 e. The molecule has 3 aromatic rings. The lowest BCUT2D eigenvalue weighted by Crippen LogP contribution is -2.41. The first kappa shape index (κ1) is 17.2. The van der Waals surface area contributed by atoms with Gasteiger partial charge in [-0.15, -0.1) is 16.4 Å². The molecule has 0 aliphatic heterocycles. The smallest absolute Gasteiger partial charge is 0.262 e. The average Bonchev–Trinajstić information content (AvgIpc) is 3.24. The topological polar surface area (TPSA) is 113 Å². The van der Waals surface area contributed by atoms with Gasteiger partial charge in [0.05, 0.1) is 8.66 Å². The maximum Gasteiger partial charge on any atom is 0.262 e. The van der Waals surface area contributed by atoms with E-state index in [1.807, 2.05) is 6.07 Å². The quantitative estimate of drug-likeness (QED) is 0.586. The number of anilines is 1. The number of nitrogens with one attached hydrogen (secondary N) is 3. The van der Waals surface area contributed by atoms with E-state index in [4.69, 9.17) is 0 Å². The van der Waals surface area contributed by atoms with Crippen LogP contribution in [0.25, 0.3) is 11.5 Å². The van der Waals surface area contributed by atoms with Crippen molar-refractivity contribution in [3.63, 3.8) is 0 Å². The van der Waals surface area contributed by atoms with Crippen molar-refractivity contribution in [3.05, 3.63) is 45.2 Å². The summed E-state index contributed by atoms with van der Waals surface area (Å²) in [5, 5.41) is 11.8. The molecular formula is C15H13BrN6O2S. The van der Waals surface area contributed by atoms with E-state index in [0.717, 1.165) is 3.79 Å². The van der Waals surface area contributed by atoms with Crippen molar-refractivity contribution in [2.24, 2.45) is 0 Å². The zero-order valence-corrected chi connectivity index (χ0v) is 15.4. The number of hydrogen-bond donors (Lipinski definition) is 3. The number of hydrogen-bond acceptors (Lipinski definition) is 6. The van der Waals surface area contributed by atoms with E-state index < -0.39 is 11.9 Å². The van der Waals surface area contributed by atoms with E-state index in [-0.39, 0.29) is 11.9 Å². The molecule has 1 unspecified atom stereocenters. The number of nitrogens with zero attached hydrogens (tertiary/aromatic N) is 3. The SMILES string of the molecule is CC(NC(=O)c1ccc(Br)s1)C(=O)Nc1n[nH]c(-c2ccccn2)n1. The van der Waals surface area contributed by atoms with Crippen molar-refractivity contribution >= 4 is 45.0 Å². The summed E-state index contributed by atoms with van der Waals surface area (Å²) < 4.78 is 0.845. The van der Waals surface area contributed by atoms with Crippen LogP contribution in [0.3, 0.4) is 0 Å². The summed E-state index contributed by atoms with van der Waals surface area (Å²) in [5.74, 6) is -0.181. The molecule has 0 bridgehead atoms. The van der Waals surface area contributed by atoms with Gasteiger partial charge in [0.1, 0.15) is 11.7 Å². The standard InChI is InChI=1S/C15H13BrN6O2S/c1-8(18-14(24)10-5-6-11(16)25-10)13(23)20-15-19-12(21-22-15)9-4-2-3-7-17-9/h2-8H,1H3,(H,18,24)(H2,19,20,21,22,23). The van der Waals surface area contributed by atoms with Crippen LogP contribution < -0.4 is 10.6 Å². The van der Waals surface area contributed by atoms with Crippen molar-refractivity contribution in [2.45, 2.75) is 13.0 Å². The molecule has 0 aliphatic carbocycles. The van der Waals surface area contributed by atoms with E-state index in [2.05, 4.69) is 46.7 Å². The minimum atomic E-state index is -0.745. The van der Waals surface area contributed by atoms with Gasteiger partial charge in [-0.3, -0.25) is 25.0 Å². The Balaban J connectivity index is 1.60. The van der Waals surface area contributed by atoms with Gasteiger partial charge in [-0.05, 0) is 47.1 Å². The molecule has 0 saturated carbocycles. The summed E-state index contributed by atoms with van der Waals surface area (Å²) in [6.45, 7) is 1.59. The fourth-order valence-electron chi connectivity index (χ4n) is 1.92. The van der Waals surface area contributed by atoms with Crippen molar-refractivity contribution in [1.82, 2.24) is 25.5 Å². The molecule has 10 heteroatoms. The Kier molecular flexibility index (Phi) is 5.19. The number of amides is 2. The zero-order chi connectivity index (χ0) is 17.8. The number of carbonyl (C=O) groups excluding carboxylic acids is 2. The highest BCUT2D eigenvalue weighted by Crippen LogP contribution is 2.22.